The molecule has 0 radical (unpaired) electrons. The molecule has 0 unspecified atom stereocenters. The first kappa shape index (κ1) is 19.3. The highest BCUT2D eigenvalue weighted by Crippen LogP contribution is 2.25. The first-order valence-electron chi connectivity index (χ1n) is 8.31. The van der Waals surface area contributed by atoms with Crippen LogP contribution in [0.2, 0.25) is 10.0 Å². The Kier molecular flexibility index (Phi) is 6.03. The van der Waals surface area contributed by atoms with E-state index in [4.69, 9.17) is 27.9 Å². The number of halogens is 2. The summed E-state index contributed by atoms with van der Waals surface area (Å²) in [5.74, 6) is 0.443. The fraction of sp³-hybridized carbons (Fsp3) is 0.278. The fourth-order valence-electron chi connectivity index (χ4n) is 2.52. The van der Waals surface area contributed by atoms with Crippen molar-refractivity contribution in [2.75, 3.05) is 6.54 Å². The molecule has 0 aliphatic carbocycles. The highest BCUT2D eigenvalue weighted by molar-refractivity contribution is 6.32. The van der Waals surface area contributed by atoms with Crippen LogP contribution in [-0.2, 0) is 13.3 Å². The molecule has 0 spiro atoms. The van der Waals surface area contributed by atoms with Crippen molar-refractivity contribution in [2.24, 2.45) is 0 Å². The van der Waals surface area contributed by atoms with Crippen molar-refractivity contribution in [3.8, 4) is 5.75 Å². The molecule has 1 amide bonds. The number of carbonyl (C=O) groups is 1. The monoisotopic (exact) mass is 407 g/mol. The van der Waals surface area contributed by atoms with Crippen molar-refractivity contribution in [3.05, 3.63) is 63.7 Å². The third kappa shape index (κ3) is 5.02. The van der Waals surface area contributed by atoms with E-state index in [1.54, 1.807) is 34.0 Å². The maximum Gasteiger partial charge on any atom is 0.271 e. The number of rotatable bonds is 7. The third-order valence-corrected chi connectivity index (χ3v) is 4.67. The van der Waals surface area contributed by atoms with Gasteiger partial charge in [0, 0.05) is 24.0 Å². The average molecular weight is 408 g/mol. The van der Waals surface area contributed by atoms with Crippen LogP contribution in [0.15, 0.2) is 36.8 Å². The molecule has 9 heteroatoms. The first-order chi connectivity index (χ1) is 12.9. The third-order valence-electron chi connectivity index (χ3n) is 3.87. The number of nitrogens with zero attached hydrogens (tertiary/aromatic N) is 4. The molecule has 3 aromatic rings. The van der Waals surface area contributed by atoms with E-state index in [0.717, 1.165) is 16.1 Å². The Morgan fingerprint density at radius 1 is 1.22 bits per heavy atom. The predicted octanol–water partition coefficient (Wildman–Crippen LogP) is 3.47. The number of hydrogen-bond donors (Lipinski definition) is 1. The molecule has 3 rings (SSSR count). The largest absolute Gasteiger partial charge is 0.471 e. The van der Waals surface area contributed by atoms with Gasteiger partial charge in [-0.2, -0.15) is 10.2 Å². The second-order valence-electron chi connectivity index (χ2n) is 6.06. The van der Waals surface area contributed by atoms with E-state index in [9.17, 15) is 4.79 Å². The number of hydrogen-bond acceptors (Lipinski definition) is 4. The lowest BCUT2D eigenvalue weighted by Crippen LogP contribution is -2.27. The molecule has 27 heavy (non-hydrogen) atoms. The van der Waals surface area contributed by atoms with Crippen LogP contribution in [0.5, 0.6) is 5.75 Å². The smallest absolute Gasteiger partial charge is 0.271 e. The van der Waals surface area contributed by atoms with Gasteiger partial charge in [0.05, 0.1) is 17.8 Å². The molecule has 0 fully saturated rings. The number of aromatic nitrogens is 4. The minimum Gasteiger partial charge on any atom is -0.471 e. The summed E-state index contributed by atoms with van der Waals surface area (Å²) in [6.07, 6.45) is 4.94. The first-order valence-corrected chi connectivity index (χ1v) is 9.07. The summed E-state index contributed by atoms with van der Waals surface area (Å²) in [7, 11) is 0. The highest BCUT2D eigenvalue weighted by Gasteiger charge is 2.10. The van der Waals surface area contributed by atoms with Gasteiger partial charge in [-0.15, -0.1) is 0 Å². The standard InChI is InChI=1S/C18H19Cl2N5O2/c1-12-7-15(8-13(2)17(12)20)27-11-25-5-3-16(23-25)18(26)21-4-6-24-10-14(19)9-22-24/h3,5,7-10H,4,6,11H2,1-2H3,(H,21,26). The van der Waals surface area contributed by atoms with Crippen molar-refractivity contribution in [1.29, 1.82) is 0 Å². The Balaban J connectivity index is 1.51. The van der Waals surface area contributed by atoms with Gasteiger partial charge >= 0.3 is 0 Å². The lowest BCUT2D eigenvalue weighted by Gasteiger charge is -2.10. The van der Waals surface area contributed by atoms with Crippen LogP contribution in [0, 0.1) is 13.8 Å². The number of nitrogens with one attached hydrogen (secondary N) is 1. The van der Waals surface area contributed by atoms with Crippen LogP contribution in [-0.4, -0.2) is 32.0 Å². The zero-order valence-electron chi connectivity index (χ0n) is 14.9. The number of aryl methyl sites for hydroxylation is 2. The summed E-state index contributed by atoms with van der Waals surface area (Å²) in [4.78, 5) is 12.2. The molecule has 0 atom stereocenters. The highest BCUT2D eigenvalue weighted by atomic mass is 35.5. The molecule has 0 saturated heterocycles. The minimum absolute atomic E-state index is 0.194. The average Bonchev–Trinajstić information content (AvgIpc) is 3.27. The number of benzene rings is 1. The molecule has 0 aliphatic heterocycles. The van der Waals surface area contributed by atoms with Crippen LogP contribution in [0.1, 0.15) is 21.6 Å². The van der Waals surface area contributed by atoms with Crippen LogP contribution >= 0.6 is 23.2 Å². The molecular formula is C18H19Cl2N5O2. The van der Waals surface area contributed by atoms with E-state index in [1.165, 1.54) is 0 Å². The molecule has 0 bridgehead atoms. The summed E-state index contributed by atoms with van der Waals surface area (Å²) in [5, 5.41) is 12.4. The summed E-state index contributed by atoms with van der Waals surface area (Å²) in [5.41, 5.74) is 2.22. The second kappa shape index (κ2) is 8.45. The molecule has 0 aliphatic rings. The molecule has 1 N–H and O–H groups in total. The van der Waals surface area contributed by atoms with Crippen molar-refractivity contribution in [2.45, 2.75) is 27.1 Å². The summed E-state index contributed by atoms with van der Waals surface area (Å²) >= 11 is 12.0. The van der Waals surface area contributed by atoms with Crippen molar-refractivity contribution < 1.29 is 9.53 Å². The number of carbonyl (C=O) groups excluding carboxylic acids is 1. The zero-order chi connectivity index (χ0) is 19.4. The molecule has 0 saturated carbocycles. The van der Waals surface area contributed by atoms with Gasteiger partial charge < -0.3 is 10.1 Å². The molecule has 1 aromatic carbocycles. The van der Waals surface area contributed by atoms with Gasteiger partial charge in [-0.3, -0.25) is 9.48 Å². The zero-order valence-corrected chi connectivity index (χ0v) is 16.5. The Bertz CT molecular complexity index is 928. The lowest BCUT2D eigenvalue weighted by molar-refractivity contribution is 0.0945. The molecule has 7 nitrogen and oxygen atoms in total. The SMILES string of the molecule is Cc1cc(OCn2ccc(C(=O)NCCn3cc(Cl)cn3)n2)cc(C)c1Cl. The van der Waals surface area contributed by atoms with Crippen LogP contribution in [0.4, 0.5) is 0 Å². The van der Waals surface area contributed by atoms with E-state index in [2.05, 4.69) is 15.5 Å². The maximum atomic E-state index is 12.2. The van der Waals surface area contributed by atoms with Gasteiger partial charge in [0.2, 0.25) is 0 Å². The van der Waals surface area contributed by atoms with Gasteiger partial charge in [-0.1, -0.05) is 23.2 Å². The topological polar surface area (TPSA) is 74.0 Å². The normalized spacial score (nSPS) is 10.8. The Morgan fingerprint density at radius 3 is 2.63 bits per heavy atom. The van der Waals surface area contributed by atoms with Gasteiger partial charge in [-0.05, 0) is 43.2 Å². The maximum absolute atomic E-state index is 12.2. The summed E-state index contributed by atoms with van der Waals surface area (Å²) < 4.78 is 8.94. The summed E-state index contributed by atoms with van der Waals surface area (Å²) in [6.45, 7) is 4.99. The van der Waals surface area contributed by atoms with Gasteiger partial charge in [0.25, 0.3) is 5.91 Å². The van der Waals surface area contributed by atoms with Crippen molar-refractivity contribution in [1.82, 2.24) is 24.9 Å². The number of amides is 1. The van der Waals surface area contributed by atoms with Crippen molar-refractivity contribution in [3.63, 3.8) is 0 Å². The summed E-state index contributed by atoms with van der Waals surface area (Å²) in [6, 6.07) is 5.38. The molecular weight excluding hydrogens is 389 g/mol. The predicted molar refractivity (Wildman–Crippen MR) is 103 cm³/mol. The quantitative estimate of drug-likeness (QED) is 0.650. The van der Waals surface area contributed by atoms with Crippen LogP contribution in [0.3, 0.4) is 0 Å². The minimum atomic E-state index is -0.259. The van der Waals surface area contributed by atoms with Crippen molar-refractivity contribution >= 4 is 29.1 Å². The van der Waals surface area contributed by atoms with Gasteiger partial charge in [0.1, 0.15) is 11.4 Å². The Hall–Kier alpha value is -2.51. The number of ether oxygens (including phenoxy) is 1. The van der Waals surface area contributed by atoms with E-state index in [-0.39, 0.29) is 12.6 Å². The lowest BCUT2D eigenvalue weighted by atomic mass is 10.1. The van der Waals surface area contributed by atoms with Crippen LogP contribution < -0.4 is 10.1 Å². The Morgan fingerprint density at radius 2 is 1.96 bits per heavy atom. The molecule has 2 aromatic heterocycles. The van der Waals surface area contributed by atoms with Gasteiger partial charge in [-0.25, -0.2) is 4.68 Å². The molecule has 142 valence electrons. The molecule has 2 heterocycles. The van der Waals surface area contributed by atoms with Gasteiger partial charge in [0.15, 0.2) is 6.73 Å². The fourth-order valence-corrected chi connectivity index (χ4v) is 2.79. The van der Waals surface area contributed by atoms with Crippen LogP contribution in [0.25, 0.3) is 0 Å². The van der Waals surface area contributed by atoms with E-state index >= 15 is 0 Å². The van der Waals surface area contributed by atoms with E-state index < -0.39 is 0 Å². The Labute approximate surface area is 166 Å². The second-order valence-corrected chi connectivity index (χ2v) is 6.88. The van der Waals surface area contributed by atoms with E-state index in [0.29, 0.717) is 29.6 Å². The van der Waals surface area contributed by atoms with E-state index in [1.807, 2.05) is 26.0 Å².